The first-order valence-electron chi connectivity index (χ1n) is 5.73. The fourth-order valence-corrected chi connectivity index (χ4v) is 2.49. The maximum absolute atomic E-state index is 10.7. The Morgan fingerprint density at radius 3 is 2.45 bits per heavy atom. The van der Waals surface area contributed by atoms with Crippen molar-refractivity contribution in [1.29, 1.82) is 0 Å². The quantitative estimate of drug-likeness (QED) is 0.499. The minimum atomic E-state index is -2.49. The number of hydrogen-bond donors (Lipinski definition) is 3. The molecule has 3 N–H and O–H groups in total. The lowest BCUT2D eigenvalue weighted by Gasteiger charge is -2.09. The molecule has 0 aromatic heterocycles. The second kappa shape index (κ2) is 4.66. The van der Waals surface area contributed by atoms with Gasteiger partial charge in [0.1, 0.15) is 17.2 Å². The number of hydrogen-bond acceptors (Lipinski definition) is 4. The van der Waals surface area contributed by atoms with Gasteiger partial charge >= 0.3 is 11.4 Å². The van der Waals surface area contributed by atoms with Gasteiger partial charge in [-0.15, -0.1) is 0 Å². The summed E-state index contributed by atoms with van der Waals surface area (Å²) in [6.07, 6.45) is 0. The highest BCUT2D eigenvalue weighted by atomic mass is 32.2. The number of phenols is 2. The molecule has 0 heterocycles. The van der Waals surface area contributed by atoms with Gasteiger partial charge in [0.2, 0.25) is 0 Å². The zero-order chi connectivity index (χ0) is 14.3. The van der Waals surface area contributed by atoms with Crippen LogP contribution in [0.5, 0.6) is 17.2 Å². The van der Waals surface area contributed by atoms with Crippen LogP contribution in [0.1, 0.15) is 0 Å². The second-order valence-electron chi connectivity index (χ2n) is 4.28. The minimum Gasteiger partial charge on any atom is -0.507 e. The van der Waals surface area contributed by atoms with Gasteiger partial charge in [0.25, 0.3) is 0 Å². The number of phenolic OH excluding ortho intramolecular Hbond substituents is 2. The van der Waals surface area contributed by atoms with Crippen LogP contribution in [0.4, 0.5) is 0 Å². The van der Waals surface area contributed by atoms with Gasteiger partial charge in [-0.3, -0.25) is 4.55 Å². The van der Waals surface area contributed by atoms with E-state index in [1.165, 1.54) is 12.1 Å². The fraction of sp³-hybridized carbons (Fsp3) is 0. The van der Waals surface area contributed by atoms with E-state index in [0.29, 0.717) is 16.2 Å². The van der Waals surface area contributed by atoms with Gasteiger partial charge in [-0.25, -0.2) is 0 Å². The number of aromatic hydroxyl groups is 2. The predicted octanol–water partition coefficient (Wildman–Crippen LogP) is 2.92. The molecule has 0 fully saturated rings. The summed E-state index contributed by atoms with van der Waals surface area (Å²) in [5, 5.41) is 22.5. The molecule has 0 saturated carbocycles. The maximum atomic E-state index is 10.7. The van der Waals surface area contributed by atoms with Crippen molar-refractivity contribution in [2.75, 3.05) is 0 Å². The lowest BCUT2D eigenvalue weighted by molar-refractivity contribution is 0.450. The van der Waals surface area contributed by atoms with Crippen LogP contribution in [0.15, 0.2) is 42.5 Å². The zero-order valence-corrected chi connectivity index (χ0v) is 10.9. The van der Waals surface area contributed by atoms with Crippen molar-refractivity contribution in [1.82, 2.24) is 0 Å². The largest absolute Gasteiger partial charge is 0.507 e. The normalized spacial score (nSPS) is 12.7. The molecule has 0 radical (unpaired) electrons. The van der Waals surface area contributed by atoms with E-state index in [2.05, 4.69) is 4.18 Å². The van der Waals surface area contributed by atoms with E-state index >= 15 is 0 Å². The van der Waals surface area contributed by atoms with Crippen LogP contribution in [0.2, 0.25) is 0 Å². The summed E-state index contributed by atoms with van der Waals surface area (Å²) in [5.41, 5.74) is 0. The van der Waals surface area contributed by atoms with Gasteiger partial charge in [0, 0.05) is 22.2 Å². The van der Waals surface area contributed by atoms with Crippen molar-refractivity contribution < 1.29 is 23.2 Å². The monoisotopic (exact) mass is 290 g/mol. The molecular weight excluding hydrogens is 280 g/mol. The predicted molar refractivity (Wildman–Crippen MR) is 76.2 cm³/mol. The van der Waals surface area contributed by atoms with Crippen molar-refractivity contribution in [2.24, 2.45) is 0 Å². The molecule has 102 valence electrons. The average molecular weight is 290 g/mol. The first kappa shape index (κ1) is 12.7. The Hall–Kier alpha value is -2.31. The molecule has 0 aliphatic rings. The molecule has 5 nitrogen and oxygen atoms in total. The van der Waals surface area contributed by atoms with Gasteiger partial charge in [0.05, 0.1) is 0 Å². The van der Waals surface area contributed by atoms with E-state index in [9.17, 15) is 14.4 Å². The lowest BCUT2D eigenvalue weighted by Crippen LogP contribution is -1.97. The van der Waals surface area contributed by atoms with Gasteiger partial charge in [-0.2, -0.15) is 4.21 Å². The Labute approximate surface area is 116 Å². The third-order valence-electron chi connectivity index (χ3n) is 3.07. The first-order chi connectivity index (χ1) is 9.56. The summed E-state index contributed by atoms with van der Waals surface area (Å²) in [4.78, 5) is 0. The fourth-order valence-electron chi connectivity index (χ4n) is 2.23. The molecule has 1 atom stereocenters. The van der Waals surface area contributed by atoms with E-state index in [0.717, 1.165) is 5.39 Å². The maximum Gasteiger partial charge on any atom is 0.357 e. The molecule has 0 aliphatic heterocycles. The van der Waals surface area contributed by atoms with Gasteiger partial charge in [-0.1, -0.05) is 24.3 Å². The lowest BCUT2D eigenvalue weighted by atomic mass is 10.0. The third kappa shape index (κ3) is 2.04. The van der Waals surface area contributed by atoms with Gasteiger partial charge in [0.15, 0.2) is 0 Å². The molecule has 0 aliphatic carbocycles. The third-order valence-corrected chi connectivity index (χ3v) is 3.41. The van der Waals surface area contributed by atoms with Crippen LogP contribution in [-0.2, 0) is 11.4 Å². The molecular formula is C14H10O5S. The van der Waals surface area contributed by atoms with E-state index < -0.39 is 11.4 Å². The molecule has 3 aromatic carbocycles. The highest BCUT2D eigenvalue weighted by molar-refractivity contribution is 7.74. The highest BCUT2D eigenvalue weighted by Crippen LogP contribution is 2.40. The molecule has 3 aromatic rings. The van der Waals surface area contributed by atoms with E-state index in [1.54, 1.807) is 18.2 Å². The van der Waals surface area contributed by atoms with Crippen LogP contribution in [0.25, 0.3) is 21.5 Å². The Morgan fingerprint density at radius 2 is 1.70 bits per heavy atom. The summed E-state index contributed by atoms with van der Waals surface area (Å²) in [6, 6.07) is 11.6. The number of rotatable bonds is 2. The molecule has 3 rings (SSSR count). The van der Waals surface area contributed by atoms with Crippen LogP contribution >= 0.6 is 0 Å². The Morgan fingerprint density at radius 1 is 0.950 bits per heavy atom. The van der Waals surface area contributed by atoms with Gasteiger partial charge in [-0.05, 0) is 17.5 Å². The van der Waals surface area contributed by atoms with Crippen LogP contribution in [0.3, 0.4) is 0 Å². The summed E-state index contributed by atoms with van der Waals surface area (Å²) < 4.78 is 24.0. The van der Waals surface area contributed by atoms with E-state index in [-0.39, 0.29) is 17.2 Å². The Kier molecular flexibility index (Phi) is 2.96. The van der Waals surface area contributed by atoms with Crippen molar-refractivity contribution in [3.05, 3.63) is 42.5 Å². The SMILES string of the molecule is O=S(O)Oc1cc(O)c2cc3ccccc3c(O)c2c1. The Bertz CT molecular complexity index is 844. The summed E-state index contributed by atoms with van der Waals surface area (Å²) >= 11 is -2.49. The van der Waals surface area contributed by atoms with E-state index in [4.69, 9.17) is 4.55 Å². The smallest absolute Gasteiger partial charge is 0.357 e. The van der Waals surface area contributed by atoms with Crippen molar-refractivity contribution >= 4 is 32.9 Å². The minimum absolute atomic E-state index is 0.00131. The van der Waals surface area contributed by atoms with Crippen LogP contribution < -0.4 is 4.18 Å². The molecule has 6 heteroatoms. The van der Waals surface area contributed by atoms with Crippen LogP contribution in [0, 0.1) is 0 Å². The van der Waals surface area contributed by atoms with Gasteiger partial charge < -0.3 is 14.4 Å². The molecule has 0 bridgehead atoms. The molecule has 0 spiro atoms. The molecule has 0 saturated heterocycles. The number of fused-ring (bicyclic) bond motifs is 2. The van der Waals surface area contributed by atoms with Crippen molar-refractivity contribution in [3.63, 3.8) is 0 Å². The zero-order valence-electron chi connectivity index (χ0n) is 10.1. The summed E-state index contributed by atoms with van der Waals surface area (Å²) in [5.74, 6) is -0.145. The van der Waals surface area contributed by atoms with E-state index in [1.807, 2.05) is 12.1 Å². The standard InChI is InChI=1S/C14H10O5S/c15-13-7-9(19-20(17)18)6-12-11(13)5-8-3-1-2-4-10(8)14(12)16/h1-7,15-16H,(H,17,18). The second-order valence-corrected chi connectivity index (χ2v) is 4.89. The first-order valence-corrected chi connectivity index (χ1v) is 6.76. The molecule has 20 heavy (non-hydrogen) atoms. The highest BCUT2D eigenvalue weighted by Gasteiger charge is 2.12. The van der Waals surface area contributed by atoms with Crippen molar-refractivity contribution in [2.45, 2.75) is 0 Å². The molecule has 0 amide bonds. The van der Waals surface area contributed by atoms with Crippen LogP contribution in [-0.4, -0.2) is 19.0 Å². The summed E-state index contributed by atoms with van der Waals surface area (Å²) in [7, 11) is 0. The topological polar surface area (TPSA) is 87.0 Å². The van der Waals surface area contributed by atoms with Crippen molar-refractivity contribution in [3.8, 4) is 17.2 Å². The number of benzene rings is 3. The Balaban J connectivity index is 2.37. The average Bonchev–Trinajstić information content (AvgIpc) is 2.40. The molecule has 1 unspecified atom stereocenters. The summed E-state index contributed by atoms with van der Waals surface area (Å²) in [6.45, 7) is 0.